The predicted octanol–water partition coefficient (Wildman–Crippen LogP) is 4.05. The van der Waals surface area contributed by atoms with E-state index in [0.717, 1.165) is 95.7 Å². The summed E-state index contributed by atoms with van der Waals surface area (Å²) in [4.78, 5) is 15.5. The number of nitrogens with zero attached hydrogens (tertiary/aromatic N) is 1. The summed E-state index contributed by atoms with van der Waals surface area (Å²) < 4.78 is 22.9. The highest BCUT2D eigenvalue weighted by Crippen LogP contribution is 2.33. The average molecular weight is 532 g/mol. The van der Waals surface area contributed by atoms with Crippen molar-refractivity contribution in [1.82, 2.24) is 10.6 Å². The topological polar surface area (TPSA) is 81.3 Å². The lowest BCUT2D eigenvalue weighted by molar-refractivity contribution is -0.131. The molecule has 38 heavy (non-hydrogen) atoms. The highest BCUT2D eigenvalue weighted by Gasteiger charge is 2.34. The van der Waals surface area contributed by atoms with Gasteiger partial charge in [-0.1, -0.05) is 19.9 Å². The summed E-state index contributed by atoms with van der Waals surface area (Å²) >= 11 is 0. The third-order valence-electron chi connectivity index (χ3n) is 8.43. The van der Waals surface area contributed by atoms with Crippen LogP contribution in [0.5, 0.6) is 5.75 Å². The van der Waals surface area contributed by atoms with Gasteiger partial charge in [-0.2, -0.15) is 0 Å². The lowest BCUT2D eigenvalue weighted by Crippen LogP contribution is -2.49. The Morgan fingerprint density at radius 2 is 1.92 bits per heavy atom. The van der Waals surface area contributed by atoms with Crippen molar-refractivity contribution in [3.8, 4) is 5.75 Å². The van der Waals surface area contributed by atoms with Crippen LogP contribution < -0.4 is 20.3 Å². The Morgan fingerprint density at radius 1 is 1.13 bits per heavy atom. The van der Waals surface area contributed by atoms with Crippen LogP contribution in [0, 0.1) is 5.41 Å². The van der Waals surface area contributed by atoms with Crippen molar-refractivity contribution in [2.75, 3.05) is 52.0 Å². The molecule has 2 atom stereocenters. The Balaban J connectivity index is 1.19. The molecule has 1 saturated carbocycles. The van der Waals surface area contributed by atoms with Crippen molar-refractivity contribution < 1.29 is 23.7 Å². The monoisotopic (exact) mass is 531 g/mol. The number of benzene rings is 1. The number of hydrogen-bond donors (Lipinski definition) is 2. The fourth-order valence-corrected chi connectivity index (χ4v) is 5.99. The zero-order chi connectivity index (χ0) is 27.0. The minimum Gasteiger partial charge on any atom is -0.490 e. The summed E-state index contributed by atoms with van der Waals surface area (Å²) in [5, 5.41) is 6.97. The predicted molar refractivity (Wildman–Crippen MR) is 150 cm³/mol. The summed E-state index contributed by atoms with van der Waals surface area (Å²) in [6, 6.07) is 7.00. The van der Waals surface area contributed by atoms with Crippen molar-refractivity contribution in [2.45, 2.75) is 96.1 Å². The van der Waals surface area contributed by atoms with Gasteiger partial charge in [0.1, 0.15) is 12.4 Å². The third kappa shape index (κ3) is 8.07. The van der Waals surface area contributed by atoms with Crippen molar-refractivity contribution in [1.29, 1.82) is 0 Å². The van der Waals surface area contributed by atoms with Gasteiger partial charge in [0.25, 0.3) is 0 Å². The van der Waals surface area contributed by atoms with Gasteiger partial charge >= 0.3 is 0 Å². The second-order valence-corrected chi connectivity index (χ2v) is 11.9. The normalized spacial score (nSPS) is 25.9. The number of amides is 1. The van der Waals surface area contributed by atoms with Crippen LogP contribution in [-0.4, -0.2) is 77.3 Å². The number of piperidine rings is 1. The number of rotatable bonds is 12. The molecule has 1 saturated heterocycles. The molecule has 3 aliphatic rings. The number of carbonyl (C=O) groups excluding carboxylic acids is 1. The van der Waals surface area contributed by atoms with Crippen LogP contribution >= 0.6 is 0 Å². The Kier molecular flexibility index (Phi) is 10.7. The van der Waals surface area contributed by atoms with Gasteiger partial charge in [-0.15, -0.1) is 0 Å². The standard InChI is InChI=1S/C30H49N3O5/c1-30(2,29(34)32-23-7-10-25(36-4)11-8-23)19-24-9-12-26(20-31-24)38-21-22-6-13-28-27(18-22)33(15-17-37-28)14-5-16-35-3/h6,13,18,23-26,31H,5,7-12,14-17,19-21H2,1-4H3,(H,32,34)/t23-,24-,25-,26+/m0/s1. The fraction of sp³-hybridized carbons (Fsp3) is 0.767. The molecular weight excluding hydrogens is 482 g/mol. The molecule has 8 heteroatoms. The molecule has 1 aliphatic carbocycles. The molecule has 2 heterocycles. The number of anilines is 1. The van der Waals surface area contributed by atoms with E-state index in [0.29, 0.717) is 18.8 Å². The Labute approximate surface area is 229 Å². The first-order valence-electron chi connectivity index (χ1n) is 14.6. The van der Waals surface area contributed by atoms with E-state index in [9.17, 15) is 4.79 Å². The Morgan fingerprint density at radius 3 is 2.63 bits per heavy atom. The minimum absolute atomic E-state index is 0.172. The lowest BCUT2D eigenvalue weighted by atomic mass is 9.81. The highest BCUT2D eigenvalue weighted by atomic mass is 16.5. The van der Waals surface area contributed by atoms with E-state index in [1.54, 1.807) is 14.2 Å². The maximum absolute atomic E-state index is 13.1. The molecule has 4 rings (SSSR count). The van der Waals surface area contributed by atoms with Gasteiger partial charge in [-0.25, -0.2) is 0 Å². The molecule has 1 amide bonds. The second-order valence-electron chi connectivity index (χ2n) is 11.9. The number of ether oxygens (including phenoxy) is 4. The van der Waals surface area contributed by atoms with E-state index < -0.39 is 5.41 Å². The number of hydrogen-bond acceptors (Lipinski definition) is 7. The molecule has 0 aromatic heterocycles. The number of fused-ring (bicyclic) bond motifs is 1. The highest BCUT2D eigenvalue weighted by molar-refractivity contribution is 5.82. The van der Waals surface area contributed by atoms with Crippen LogP contribution in [0.3, 0.4) is 0 Å². The third-order valence-corrected chi connectivity index (χ3v) is 8.43. The molecule has 2 fully saturated rings. The van der Waals surface area contributed by atoms with Gasteiger partial charge in [0.2, 0.25) is 5.91 Å². The minimum atomic E-state index is -0.399. The summed E-state index contributed by atoms with van der Waals surface area (Å²) in [6.45, 7) is 8.92. The van der Waals surface area contributed by atoms with Crippen LogP contribution in [0.2, 0.25) is 0 Å². The van der Waals surface area contributed by atoms with Crippen LogP contribution in [0.4, 0.5) is 5.69 Å². The molecule has 0 spiro atoms. The van der Waals surface area contributed by atoms with E-state index in [1.165, 1.54) is 5.56 Å². The van der Waals surface area contributed by atoms with E-state index in [2.05, 4.69) is 47.6 Å². The molecule has 0 bridgehead atoms. The Hall–Kier alpha value is -1.87. The molecule has 2 N–H and O–H groups in total. The van der Waals surface area contributed by atoms with Gasteiger partial charge in [-0.3, -0.25) is 4.79 Å². The zero-order valence-electron chi connectivity index (χ0n) is 23.9. The zero-order valence-corrected chi connectivity index (χ0v) is 23.9. The average Bonchev–Trinajstić information content (AvgIpc) is 2.93. The van der Waals surface area contributed by atoms with E-state index >= 15 is 0 Å². The molecule has 0 unspecified atom stereocenters. The van der Waals surface area contributed by atoms with Crippen LogP contribution in [-0.2, 0) is 25.6 Å². The summed E-state index contributed by atoms with van der Waals surface area (Å²) in [6.07, 6.45) is 8.46. The Bertz CT molecular complexity index is 879. The summed E-state index contributed by atoms with van der Waals surface area (Å²) in [5.41, 5.74) is 1.93. The van der Waals surface area contributed by atoms with Crippen molar-refractivity contribution in [2.24, 2.45) is 5.41 Å². The van der Waals surface area contributed by atoms with Crippen molar-refractivity contribution in [3.63, 3.8) is 0 Å². The van der Waals surface area contributed by atoms with Gasteiger partial charge < -0.3 is 34.5 Å². The first-order valence-corrected chi connectivity index (χ1v) is 14.6. The van der Waals surface area contributed by atoms with Gasteiger partial charge in [-0.05, 0) is 69.1 Å². The summed E-state index contributed by atoms with van der Waals surface area (Å²) in [7, 11) is 3.53. The molecule has 2 aliphatic heterocycles. The van der Waals surface area contributed by atoms with Crippen LogP contribution in [0.1, 0.15) is 70.8 Å². The van der Waals surface area contributed by atoms with Crippen molar-refractivity contribution in [3.05, 3.63) is 23.8 Å². The molecule has 214 valence electrons. The first kappa shape index (κ1) is 29.1. The van der Waals surface area contributed by atoms with Gasteiger partial charge in [0, 0.05) is 51.4 Å². The van der Waals surface area contributed by atoms with E-state index in [-0.39, 0.29) is 18.1 Å². The number of methoxy groups -OCH3 is 2. The van der Waals surface area contributed by atoms with E-state index in [4.69, 9.17) is 18.9 Å². The largest absolute Gasteiger partial charge is 0.490 e. The van der Waals surface area contributed by atoms with Gasteiger partial charge in [0.05, 0.1) is 31.0 Å². The van der Waals surface area contributed by atoms with Crippen molar-refractivity contribution >= 4 is 11.6 Å². The smallest absolute Gasteiger partial charge is 0.225 e. The number of nitrogens with one attached hydrogen (secondary N) is 2. The maximum atomic E-state index is 13.1. The molecule has 0 radical (unpaired) electrons. The second kappa shape index (κ2) is 14.0. The van der Waals surface area contributed by atoms with Gasteiger partial charge in [0.15, 0.2) is 0 Å². The SMILES string of the molecule is COCCCN1CCOc2ccc(CO[C@@H]3CC[C@@H](CC(C)(C)C(=O)N[C@H]4CC[C@H](OC)CC4)NC3)cc21. The molecule has 1 aromatic carbocycles. The maximum Gasteiger partial charge on any atom is 0.225 e. The quantitative estimate of drug-likeness (QED) is 0.394. The molecular formula is C30H49N3O5. The fourth-order valence-electron chi connectivity index (χ4n) is 5.99. The molecule has 8 nitrogen and oxygen atoms in total. The van der Waals surface area contributed by atoms with Crippen LogP contribution in [0.15, 0.2) is 18.2 Å². The summed E-state index contributed by atoms with van der Waals surface area (Å²) in [5.74, 6) is 1.13. The van der Waals surface area contributed by atoms with Crippen LogP contribution in [0.25, 0.3) is 0 Å². The first-order chi connectivity index (χ1) is 18.4. The van der Waals surface area contributed by atoms with E-state index in [1.807, 2.05) is 0 Å². The number of carbonyl (C=O) groups is 1. The molecule has 1 aromatic rings. The lowest BCUT2D eigenvalue weighted by Gasteiger charge is -2.36.